The van der Waals surface area contributed by atoms with Crippen LogP contribution in [0.4, 0.5) is 10.5 Å². The van der Waals surface area contributed by atoms with Gasteiger partial charge < -0.3 is 9.84 Å². The highest BCUT2D eigenvalue weighted by Gasteiger charge is 2.36. The summed E-state index contributed by atoms with van der Waals surface area (Å²) >= 11 is 0. The molecule has 1 fully saturated rings. The number of aliphatic carboxylic acids is 1. The Morgan fingerprint density at radius 2 is 1.71 bits per heavy atom. The number of carbonyl (C=O) groups excluding carboxylic acids is 3. The lowest BCUT2D eigenvalue weighted by molar-refractivity contribution is -0.144. The number of rotatable bonds is 5. The van der Waals surface area contributed by atoms with Crippen molar-refractivity contribution in [2.75, 3.05) is 4.90 Å². The number of nitrogens with zero attached hydrogens (tertiary/aromatic N) is 1. The summed E-state index contributed by atoms with van der Waals surface area (Å²) in [5, 5.41) is 11.0. The predicted molar refractivity (Wildman–Crippen MR) is 99.6 cm³/mol. The number of urea groups is 1. The second-order valence-corrected chi connectivity index (χ2v) is 5.96. The van der Waals surface area contributed by atoms with Gasteiger partial charge in [-0.25, -0.2) is 14.5 Å². The van der Waals surface area contributed by atoms with Crippen LogP contribution in [0.3, 0.4) is 0 Å². The van der Waals surface area contributed by atoms with Crippen LogP contribution in [0.25, 0.3) is 6.08 Å². The van der Waals surface area contributed by atoms with Crippen LogP contribution in [-0.4, -0.2) is 35.0 Å². The van der Waals surface area contributed by atoms with Crippen LogP contribution in [0.2, 0.25) is 0 Å². The lowest BCUT2D eigenvalue weighted by Gasteiger charge is -2.26. The normalized spacial score (nSPS) is 16.7. The molecule has 2 N–H and O–H groups in total. The van der Waals surface area contributed by atoms with E-state index in [4.69, 9.17) is 9.84 Å². The minimum absolute atomic E-state index is 0.198. The number of para-hydroxylation sites is 1. The topological polar surface area (TPSA) is 113 Å². The first-order chi connectivity index (χ1) is 13.4. The Morgan fingerprint density at radius 3 is 2.32 bits per heavy atom. The number of carbonyl (C=O) groups is 4. The predicted octanol–water partition coefficient (Wildman–Crippen LogP) is 2.20. The van der Waals surface area contributed by atoms with E-state index >= 15 is 0 Å². The van der Waals surface area contributed by atoms with Crippen molar-refractivity contribution in [3.63, 3.8) is 0 Å². The number of benzene rings is 2. The maximum Gasteiger partial charge on any atom is 0.344 e. The highest BCUT2D eigenvalue weighted by Crippen LogP contribution is 2.22. The molecule has 2 aromatic carbocycles. The van der Waals surface area contributed by atoms with Crippen LogP contribution in [-0.2, 0) is 14.4 Å². The minimum atomic E-state index is -1.10. The molecule has 142 valence electrons. The van der Waals surface area contributed by atoms with Gasteiger partial charge in [-0.2, -0.15) is 0 Å². The summed E-state index contributed by atoms with van der Waals surface area (Å²) in [5.41, 5.74) is 0.655. The Labute approximate surface area is 160 Å². The smallest absolute Gasteiger partial charge is 0.344 e. The van der Waals surface area contributed by atoms with Crippen molar-refractivity contribution in [3.8, 4) is 5.75 Å². The van der Waals surface area contributed by atoms with Crippen LogP contribution in [0.1, 0.15) is 12.5 Å². The van der Waals surface area contributed by atoms with E-state index in [1.165, 1.54) is 25.1 Å². The quantitative estimate of drug-likeness (QED) is 0.607. The number of carboxylic acids is 1. The molecule has 0 bridgehead atoms. The van der Waals surface area contributed by atoms with Crippen LogP contribution in [0.15, 0.2) is 60.2 Å². The third-order valence-corrected chi connectivity index (χ3v) is 3.97. The Bertz CT molecular complexity index is 966. The Kier molecular flexibility index (Phi) is 5.21. The molecule has 0 aliphatic carbocycles. The van der Waals surface area contributed by atoms with Gasteiger partial charge in [-0.1, -0.05) is 30.3 Å². The average molecular weight is 380 g/mol. The number of ether oxygens (including phenoxy) is 1. The SMILES string of the molecule is C[C@H](Oc1ccc(/C=C2/C(=O)NC(=O)N(c3ccccc3)C2=O)cc1)C(=O)O. The van der Waals surface area contributed by atoms with Gasteiger partial charge in [0.15, 0.2) is 6.10 Å². The van der Waals surface area contributed by atoms with E-state index in [0.29, 0.717) is 17.0 Å². The molecule has 4 amide bonds. The van der Waals surface area contributed by atoms with Crippen LogP contribution in [0.5, 0.6) is 5.75 Å². The molecule has 1 aliphatic rings. The number of amides is 4. The Balaban J connectivity index is 1.86. The van der Waals surface area contributed by atoms with Crippen LogP contribution < -0.4 is 15.0 Å². The third-order valence-electron chi connectivity index (χ3n) is 3.97. The van der Waals surface area contributed by atoms with Gasteiger partial charge in [0, 0.05) is 0 Å². The highest BCUT2D eigenvalue weighted by atomic mass is 16.5. The number of carboxylic acid groups (broad SMARTS) is 1. The molecule has 1 aliphatic heterocycles. The van der Waals surface area contributed by atoms with Crippen molar-refractivity contribution in [2.24, 2.45) is 0 Å². The molecule has 3 rings (SSSR count). The van der Waals surface area contributed by atoms with Gasteiger partial charge in [-0.3, -0.25) is 14.9 Å². The van der Waals surface area contributed by atoms with E-state index in [1.54, 1.807) is 42.5 Å². The molecule has 28 heavy (non-hydrogen) atoms. The number of hydrogen-bond acceptors (Lipinski definition) is 5. The first-order valence-corrected chi connectivity index (χ1v) is 8.33. The lowest BCUT2D eigenvalue weighted by Crippen LogP contribution is -2.54. The molecule has 8 nitrogen and oxygen atoms in total. The van der Waals surface area contributed by atoms with Crippen molar-refractivity contribution >= 4 is 35.6 Å². The van der Waals surface area contributed by atoms with E-state index < -0.39 is 29.9 Å². The van der Waals surface area contributed by atoms with Crippen molar-refractivity contribution in [1.82, 2.24) is 5.32 Å². The molecular weight excluding hydrogens is 364 g/mol. The van der Waals surface area contributed by atoms with Gasteiger partial charge in [0.2, 0.25) is 0 Å². The van der Waals surface area contributed by atoms with Crippen molar-refractivity contribution in [3.05, 3.63) is 65.7 Å². The monoisotopic (exact) mass is 380 g/mol. The standard InChI is InChI=1S/C20H16N2O6/c1-12(19(25)26)28-15-9-7-13(8-10-15)11-16-17(23)21-20(27)22(18(16)24)14-5-3-2-4-6-14/h2-12H,1H3,(H,25,26)(H,21,23,27)/b16-11-/t12-/m0/s1. The van der Waals surface area contributed by atoms with Gasteiger partial charge in [0.25, 0.3) is 11.8 Å². The summed E-state index contributed by atoms with van der Waals surface area (Å²) in [6, 6.07) is 13.6. The van der Waals surface area contributed by atoms with Crippen molar-refractivity contribution < 1.29 is 29.0 Å². The van der Waals surface area contributed by atoms with E-state index in [1.807, 2.05) is 0 Å². The van der Waals surface area contributed by atoms with Crippen LogP contribution in [0, 0.1) is 0 Å². The molecule has 2 aromatic rings. The van der Waals surface area contributed by atoms with Crippen LogP contribution >= 0.6 is 0 Å². The minimum Gasteiger partial charge on any atom is -0.479 e. The van der Waals surface area contributed by atoms with Gasteiger partial charge in [-0.15, -0.1) is 0 Å². The van der Waals surface area contributed by atoms with E-state index in [2.05, 4.69) is 5.32 Å². The second-order valence-electron chi connectivity index (χ2n) is 5.96. The lowest BCUT2D eigenvalue weighted by atomic mass is 10.1. The Morgan fingerprint density at radius 1 is 1.07 bits per heavy atom. The first-order valence-electron chi connectivity index (χ1n) is 8.33. The van der Waals surface area contributed by atoms with Gasteiger partial charge >= 0.3 is 12.0 Å². The second kappa shape index (κ2) is 7.75. The van der Waals surface area contributed by atoms with Crippen molar-refractivity contribution in [2.45, 2.75) is 13.0 Å². The van der Waals surface area contributed by atoms with E-state index in [-0.39, 0.29) is 5.57 Å². The fourth-order valence-electron chi connectivity index (χ4n) is 2.53. The summed E-state index contributed by atoms with van der Waals surface area (Å²) in [6.45, 7) is 1.40. The molecule has 0 unspecified atom stereocenters. The number of anilines is 1. The molecule has 0 aromatic heterocycles. The number of imide groups is 2. The zero-order chi connectivity index (χ0) is 20.3. The summed E-state index contributed by atoms with van der Waals surface area (Å²) in [4.78, 5) is 48.7. The summed E-state index contributed by atoms with van der Waals surface area (Å²) in [7, 11) is 0. The third kappa shape index (κ3) is 3.90. The number of nitrogens with one attached hydrogen (secondary N) is 1. The average Bonchev–Trinajstić information content (AvgIpc) is 2.67. The molecule has 1 atom stereocenters. The molecule has 8 heteroatoms. The molecule has 1 heterocycles. The van der Waals surface area contributed by atoms with Crippen molar-refractivity contribution in [1.29, 1.82) is 0 Å². The molecule has 0 saturated carbocycles. The summed E-state index contributed by atoms with van der Waals surface area (Å²) in [6.07, 6.45) is 0.338. The molecule has 0 spiro atoms. The fraction of sp³-hybridized carbons (Fsp3) is 0.100. The number of barbiturate groups is 1. The summed E-state index contributed by atoms with van der Waals surface area (Å²) < 4.78 is 5.23. The zero-order valence-corrected chi connectivity index (χ0v) is 14.8. The molecular formula is C20H16N2O6. The fourth-order valence-corrected chi connectivity index (χ4v) is 2.53. The molecule has 0 radical (unpaired) electrons. The Hall–Kier alpha value is -3.94. The van der Waals surface area contributed by atoms with Gasteiger partial charge in [-0.05, 0) is 42.8 Å². The van der Waals surface area contributed by atoms with E-state index in [0.717, 1.165) is 4.90 Å². The highest BCUT2D eigenvalue weighted by molar-refractivity contribution is 6.39. The maximum absolute atomic E-state index is 12.7. The zero-order valence-electron chi connectivity index (χ0n) is 14.8. The first kappa shape index (κ1) is 18.8. The van der Waals surface area contributed by atoms with Gasteiger partial charge in [0.05, 0.1) is 5.69 Å². The van der Waals surface area contributed by atoms with Gasteiger partial charge in [0.1, 0.15) is 11.3 Å². The van der Waals surface area contributed by atoms with E-state index in [9.17, 15) is 19.2 Å². The summed E-state index contributed by atoms with van der Waals surface area (Å²) in [5.74, 6) is -2.29. The largest absolute Gasteiger partial charge is 0.479 e. The molecule has 1 saturated heterocycles. The maximum atomic E-state index is 12.7. The number of hydrogen-bond donors (Lipinski definition) is 2.